The van der Waals surface area contributed by atoms with Crippen LogP contribution < -0.4 is 9.62 Å². The zero-order valence-corrected chi connectivity index (χ0v) is 27.0. The second-order valence-corrected chi connectivity index (χ2v) is 13.2. The van der Waals surface area contributed by atoms with Crippen molar-refractivity contribution in [2.75, 3.05) is 17.4 Å². The lowest BCUT2D eigenvalue weighted by molar-refractivity contribution is -0.140. The van der Waals surface area contributed by atoms with Crippen LogP contribution in [0.4, 0.5) is 10.1 Å². The Morgan fingerprint density at radius 3 is 2.11 bits per heavy atom. The number of anilines is 1. The quantitative estimate of drug-likeness (QED) is 0.181. The van der Waals surface area contributed by atoms with Crippen LogP contribution in [0.3, 0.4) is 0 Å². The standard InChI is InChI=1S/C34H35BrFN3O4S/c1-3-21-37-34(41)32(22-26-7-5-4-6-8-26)38(23-27-11-13-28(35)14-12-27)33(40)24-39(30-17-15-29(36)16-18-30)44(42,43)31-19-9-25(2)10-20-31/h4-20,32H,3,21-24H2,1-2H3,(H,37,41). The number of hydrogen-bond donors (Lipinski definition) is 1. The number of amides is 2. The maximum atomic E-state index is 14.4. The predicted octanol–water partition coefficient (Wildman–Crippen LogP) is 6.26. The fourth-order valence-corrected chi connectivity index (χ4v) is 6.36. The summed E-state index contributed by atoms with van der Waals surface area (Å²) in [7, 11) is -4.25. The second kappa shape index (κ2) is 15.1. The monoisotopic (exact) mass is 679 g/mol. The molecule has 0 fully saturated rings. The van der Waals surface area contributed by atoms with Gasteiger partial charge in [-0.05, 0) is 73.0 Å². The molecule has 0 aromatic heterocycles. The largest absolute Gasteiger partial charge is 0.354 e. The SMILES string of the molecule is CCCNC(=O)C(Cc1ccccc1)N(Cc1ccc(Br)cc1)C(=O)CN(c1ccc(F)cc1)S(=O)(=O)c1ccc(C)cc1. The molecule has 0 aliphatic rings. The average Bonchev–Trinajstić information content (AvgIpc) is 3.02. The molecular formula is C34H35BrFN3O4S. The van der Waals surface area contributed by atoms with Crippen LogP contribution in [0.15, 0.2) is 112 Å². The maximum Gasteiger partial charge on any atom is 0.264 e. The van der Waals surface area contributed by atoms with Gasteiger partial charge >= 0.3 is 0 Å². The highest BCUT2D eigenvalue weighted by atomic mass is 79.9. The highest BCUT2D eigenvalue weighted by molar-refractivity contribution is 9.10. The number of benzene rings is 4. The Morgan fingerprint density at radius 1 is 0.864 bits per heavy atom. The van der Waals surface area contributed by atoms with Gasteiger partial charge in [-0.3, -0.25) is 13.9 Å². The van der Waals surface area contributed by atoms with Gasteiger partial charge in [-0.1, -0.05) is 83.0 Å². The van der Waals surface area contributed by atoms with E-state index in [4.69, 9.17) is 0 Å². The molecule has 0 radical (unpaired) electrons. The van der Waals surface area contributed by atoms with Gasteiger partial charge in [0.1, 0.15) is 18.4 Å². The van der Waals surface area contributed by atoms with Crippen molar-refractivity contribution in [3.05, 3.63) is 130 Å². The highest BCUT2D eigenvalue weighted by Crippen LogP contribution is 2.26. The number of carbonyl (C=O) groups is 2. The fraction of sp³-hybridized carbons (Fsp3) is 0.235. The zero-order chi connectivity index (χ0) is 31.7. The van der Waals surface area contributed by atoms with Crippen molar-refractivity contribution in [1.82, 2.24) is 10.2 Å². The Hall–Kier alpha value is -4.02. The third kappa shape index (κ3) is 8.54. The predicted molar refractivity (Wildman–Crippen MR) is 174 cm³/mol. The molecule has 0 spiro atoms. The van der Waals surface area contributed by atoms with E-state index in [-0.39, 0.29) is 29.5 Å². The van der Waals surface area contributed by atoms with Crippen LogP contribution in [0.2, 0.25) is 0 Å². The van der Waals surface area contributed by atoms with Crippen LogP contribution in [0, 0.1) is 12.7 Å². The molecule has 0 aliphatic carbocycles. The lowest BCUT2D eigenvalue weighted by atomic mass is 10.0. The lowest BCUT2D eigenvalue weighted by Gasteiger charge is -2.34. The van der Waals surface area contributed by atoms with E-state index in [0.717, 1.165) is 37.6 Å². The maximum absolute atomic E-state index is 14.4. The van der Waals surface area contributed by atoms with Gasteiger partial charge < -0.3 is 10.2 Å². The van der Waals surface area contributed by atoms with Crippen LogP contribution in [0.25, 0.3) is 0 Å². The first kappa shape index (κ1) is 32.9. The molecule has 2 amide bonds. The average molecular weight is 681 g/mol. The van der Waals surface area contributed by atoms with E-state index in [9.17, 15) is 22.4 Å². The normalized spacial score (nSPS) is 11.9. The summed E-state index contributed by atoms with van der Waals surface area (Å²) in [6.45, 7) is 3.66. The first-order chi connectivity index (χ1) is 21.1. The van der Waals surface area contributed by atoms with E-state index in [0.29, 0.717) is 13.0 Å². The van der Waals surface area contributed by atoms with Crippen LogP contribution in [0.1, 0.15) is 30.0 Å². The van der Waals surface area contributed by atoms with Crippen molar-refractivity contribution in [2.45, 2.75) is 44.2 Å². The minimum Gasteiger partial charge on any atom is -0.354 e. The molecule has 0 bridgehead atoms. The number of nitrogens with zero attached hydrogens (tertiary/aromatic N) is 2. The Labute approximate surface area is 266 Å². The van der Waals surface area contributed by atoms with Gasteiger partial charge in [0, 0.05) is 24.0 Å². The molecule has 1 unspecified atom stereocenters. The summed E-state index contributed by atoms with van der Waals surface area (Å²) < 4.78 is 43.7. The van der Waals surface area contributed by atoms with Gasteiger partial charge in [0.15, 0.2) is 0 Å². The van der Waals surface area contributed by atoms with E-state index < -0.39 is 34.3 Å². The smallest absolute Gasteiger partial charge is 0.264 e. The summed E-state index contributed by atoms with van der Waals surface area (Å²) in [6.07, 6.45) is 0.928. The molecule has 4 rings (SSSR count). The number of hydrogen-bond acceptors (Lipinski definition) is 4. The van der Waals surface area contributed by atoms with Gasteiger partial charge in [0.2, 0.25) is 11.8 Å². The molecule has 1 atom stereocenters. The van der Waals surface area contributed by atoms with Crippen molar-refractivity contribution in [1.29, 1.82) is 0 Å². The minimum atomic E-state index is -4.25. The summed E-state index contributed by atoms with van der Waals surface area (Å²) in [4.78, 5) is 29.4. The Morgan fingerprint density at radius 2 is 1.50 bits per heavy atom. The molecule has 0 aliphatic heterocycles. The number of aryl methyl sites for hydroxylation is 1. The van der Waals surface area contributed by atoms with Crippen LogP contribution >= 0.6 is 15.9 Å². The lowest BCUT2D eigenvalue weighted by Crippen LogP contribution is -2.53. The van der Waals surface area contributed by atoms with Crippen LogP contribution in [0.5, 0.6) is 0 Å². The van der Waals surface area contributed by atoms with E-state index in [1.165, 1.54) is 29.2 Å². The van der Waals surface area contributed by atoms with E-state index in [1.54, 1.807) is 12.1 Å². The number of carbonyl (C=O) groups excluding carboxylic acids is 2. The number of sulfonamides is 1. The fourth-order valence-electron chi connectivity index (χ4n) is 4.68. The first-order valence-electron chi connectivity index (χ1n) is 14.3. The second-order valence-electron chi connectivity index (χ2n) is 10.4. The number of nitrogens with one attached hydrogen (secondary N) is 1. The topological polar surface area (TPSA) is 86.8 Å². The molecule has 0 saturated carbocycles. The zero-order valence-electron chi connectivity index (χ0n) is 24.6. The highest BCUT2D eigenvalue weighted by Gasteiger charge is 2.34. The summed E-state index contributed by atoms with van der Waals surface area (Å²) in [5.74, 6) is -1.46. The van der Waals surface area contributed by atoms with E-state index in [1.807, 2.05) is 68.4 Å². The van der Waals surface area contributed by atoms with Crippen molar-refractivity contribution in [3.8, 4) is 0 Å². The molecule has 4 aromatic carbocycles. The van der Waals surface area contributed by atoms with Crippen molar-refractivity contribution >= 4 is 43.5 Å². The Balaban J connectivity index is 1.78. The molecule has 0 saturated heterocycles. The number of rotatable bonds is 13. The van der Waals surface area contributed by atoms with Crippen molar-refractivity contribution in [3.63, 3.8) is 0 Å². The third-order valence-electron chi connectivity index (χ3n) is 7.09. The summed E-state index contributed by atoms with van der Waals surface area (Å²) in [6, 6.07) is 27.0. The molecular weight excluding hydrogens is 645 g/mol. The van der Waals surface area contributed by atoms with Gasteiger partial charge in [-0.25, -0.2) is 12.8 Å². The van der Waals surface area contributed by atoms with Crippen molar-refractivity contribution < 1.29 is 22.4 Å². The van der Waals surface area contributed by atoms with Gasteiger partial charge in [0.25, 0.3) is 10.0 Å². The van der Waals surface area contributed by atoms with Gasteiger partial charge in [-0.2, -0.15) is 0 Å². The Bertz CT molecular complexity index is 1650. The van der Waals surface area contributed by atoms with Gasteiger partial charge in [0.05, 0.1) is 10.6 Å². The molecule has 0 heterocycles. The minimum absolute atomic E-state index is 0.0128. The molecule has 44 heavy (non-hydrogen) atoms. The van der Waals surface area contributed by atoms with Crippen LogP contribution in [-0.4, -0.2) is 44.3 Å². The summed E-state index contributed by atoms with van der Waals surface area (Å²) in [5.41, 5.74) is 2.60. The van der Waals surface area contributed by atoms with Gasteiger partial charge in [-0.15, -0.1) is 0 Å². The van der Waals surface area contributed by atoms with E-state index >= 15 is 0 Å². The first-order valence-corrected chi connectivity index (χ1v) is 16.5. The molecule has 4 aromatic rings. The van der Waals surface area contributed by atoms with Crippen LogP contribution in [-0.2, 0) is 32.6 Å². The Kier molecular flexibility index (Phi) is 11.3. The molecule has 1 N–H and O–H groups in total. The molecule has 7 nitrogen and oxygen atoms in total. The van der Waals surface area contributed by atoms with E-state index in [2.05, 4.69) is 21.2 Å². The molecule has 10 heteroatoms. The summed E-state index contributed by atoms with van der Waals surface area (Å²) >= 11 is 3.43. The number of halogens is 2. The van der Waals surface area contributed by atoms with Crippen molar-refractivity contribution in [2.24, 2.45) is 0 Å². The summed E-state index contributed by atoms with van der Waals surface area (Å²) in [5, 5.41) is 2.92. The third-order valence-corrected chi connectivity index (χ3v) is 9.41. The molecule has 230 valence electrons.